The molecular weight excluding hydrogens is 1120 g/mol. The molecule has 0 saturated carbocycles. The van der Waals surface area contributed by atoms with Gasteiger partial charge < -0.3 is 68.9 Å². The van der Waals surface area contributed by atoms with E-state index < -0.39 is 204 Å². The molecule has 40 nitrogen and oxygen atoms in total. The largest absolute Gasteiger partial charge is 0.479 e. The minimum Gasteiger partial charge on any atom is -0.479 e. The molecule has 18 atom stereocenters. The number of nitrogens with one attached hydrogen (secondary N) is 2. The Morgan fingerprint density at radius 1 is 0.529 bits per heavy atom. The van der Waals surface area contributed by atoms with E-state index in [0.717, 1.165) is 0 Å². The number of carboxylic acids is 2. The van der Waals surface area contributed by atoms with Crippen molar-refractivity contribution in [2.24, 2.45) is 0 Å². The van der Waals surface area contributed by atoms with E-state index in [-0.39, 0.29) is 6.08 Å². The molecule has 0 bridgehead atoms. The lowest BCUT2D eigenvalue weighted by Crippen LogP contribution is -2.70. The minimum absolute atomic E-state index is 0.270. The van der Waals surface area contributed by atoms with E-state index in [2.05, 4.69) is 16.7 Å². The van der Waals surface area contributed by atoms with Gasteiger partial charge in [-0.3, -0.25) is 27.3 Å². The fourth-order valence-corrected chi connectivity index (χ4v) is 9.36. The van der Waals surface area contributed by atoms with E-state index in [4.69, 9.17) is 37.7 Å². The van der Waals surface area contributed by atoms with Crippen molar-refractivity contribution >= 4 is 74.1 Å². The fraction of sp³-hybridized carbons (Fsp3) is 0.833. The molecule has 3 fully saturated rings. The molecule has 0 unspecified atom stereocenters. The predicted octanol–water partition coefficient (Wildman–Crippen LogP) is -10.3. The highest BCUT2D eigenvalue weighted by atomic mass is 32.3. The second kappa shape index (κ2) is 22.4. The Morgan fingerprint density at radius 2 is 0.971 bits per heavy atom. The Balaban J connectivity index is 1.80. The number of rotatable bonds is 22. The first-order valence-corrected chi connectivity index (χ1v) is 26.2. The van der Waals surface area contributed by atoms with Crippen molar-refractivity contribution < 1.29 is 173 Å². The lowest BCUT2D eigenvalue weighted by atomic mass is 9.95. The smallest absolute Gasteiger partial charge is 0.397 e. The number of hydrogen-bond donors (Lipinski definition) is 15. The van der Waals surface area contributed by atoms with E-state index in [1.54, 1.807) is 0 Å². The summed E-state index contributed by atoms with van der Waals surface area (Å²) in [6.45, 7) is -3.27. The zero-order valence-electron chi connectivity index (χ0n) is 33.4. The molecule has 0 aliphatic carbocycles. The number of carboxylic acid groups (broad SMARTS) is 2. The van der Waals surface area contributed by atoms with Gasteiger partial charge in [0.2, 0.25) is 12.0 Å². The monoisotopic (exact) mass is 1150 g/mol. The zero-order valence-corrected chi connectivity index (χ0v) is 38.3. The standard InChI is InChI=1S/C24H38N2O38S6/c27-4-1-5(19(31)32)57-23(13(4)63-69(48,49)50)59-15-7(3-55-68(45,46)47)58-22(9(11(15)29)26-66(39,40)41)61-16-12(30)17(64-70(51,52)53)24(62-18(16)20(33)34)60-14-6(2-54-67(42,43)44)56-21(35)8(10(14)28)25-65(36,37)38/h1,4,6-18,21-30,35H,2-3H2,(H,31,32)(H,33,34)(H,36,37,38)(H,39,40,41)(H,42,43,44)(H,45,46,47)(H,48,49,50)(H,51,52,53)/t4-,6+,7+,8+,9+,10+,11+,12-,13+,14+,15+,16-,17+,18+,21-,22+,23-,24+/m0/s1. The number of aliphatic hydroxyl groups excluding tert-OH is 5. The first kappa shape index (κ1) is 59.8. The van der Waals surface area contributed by atoms with Crippen LogP contribution in [0.25, 0.3) is 0 Å². The first-order chi connectivity index (χ1) is 31.6. The highest BCUT2D eigenvalue weighted by Gasteiger charge is 2.59. The summed E-state index contributed by atoms with van der Waals surface area (Å²) < 4.78 is 253. The third-order valence-electron chi connectivity index (χ3n) is 9.18. The summed E-state index contributed by atoms with van der Waals surface area (Å²) in [7, 11) is -34.0. The second-order valence-corrected chi connectivity index (χ2v) is 20.7. The summed E-state index contributed by atoms with van der Waals surface area (Å²) in [5.74, 6) is -5.71. The SMILES string of the molecule is O=C(O)C1=C[C@H](O)[C@@H](OS(=O)(=O)O)[C@H](O[C@H]2[C@H](O)[C@@H](NS(=O)(=O)O)[C@@H](O[C@H]3[C@H](O)[C@@H](OS(=O)(=O)O)[C@H](O[C@H]4[C@H](O)[C@@H](NS(=O)(=O)O)[C@@H](O)O[C@@H]4COS(=O)(=O)O)O[C@H]3C(=O)O)O[C@@H]2COS(=O)(=O)O)O1. The van der Waals surface area contributed by atoms with Crippen molar-refractivity contribution in [3.8, 4) is 0 Å². The number of hydrogen-bond acceptors (Lipinski definition) is 30. The molecule has 0 aromatic rings. The second-order valence-electron chi connectivity index (χ2n) is 14.1. The molecule has 4 heterocycles. The van der Waals surface area contributed by atoms with Gasteiger partial charge in [-0.25, -0.2) is 26.3 Å². The van der Waals surface area contributed by atoms with Gasteiger partial charge in [0.15, 0.2) is 37.2 Å². The van der Waals surface area contributed by atoms with Gasteiger partial charge in [-0.15, -0.1) is 0 Å². The normalized spacial score (nSPS) is 37.2. The van der Waals surface area contributed by atoms with Crippen molar-refractivity contribution in [1.82, 2.24) is 9.44 Å². The van der Waals surface area contributed by atoms with E-state index in [1.807, 2.05) is 0 Å². The molecule has 70 heavy (non-hydrogen) atoms. The van der Waals surface area contributed by atoms with Crippen LogP contribution in [-0.2, 0) is 122 Å². The zero-order chi connectivity index (χ0) is 53.4. The van der Waals surface area contributed by atoms with Crippen molar-refractivity contribution in [3.05, 3.63) is 11.8 Å². The summed E-state index contributed by atoms with van der Waals surface area (Å²) in [6, 6.07) is -5.30. The molecular formula is C24H38N2O38S6. The van der Waals surface area contributed by atoms with Gasteiger partial charge in [0.1, 0.15) is 67.0 Å². The number of ether oxygens (including phenoxy) is 7. The van der Waals surface area contributed by atoms with Crippen LogP contribution < -0.4 is 9.44 Å². The summed E-state index contributed by atoms with van der Waals surface area (Å²) in [6.07, 6.45) is -44.0. The van der Waals surface area contributed by atoms with Crippen molar-refractivity contribution in [2.45, 2.75) is 110 Å². The molecule has 0 aromatic carbocycles. The maximum atomic E-state index is 12.7. The minimum atomic E-state index is -6.01. The lowest BCUT2D eigenvalue weighted by molar-refractivity contribution is -0.362. The van der Waals surface area contributed by atoms with E-state index in [0.29, 0.717) is 0 Å². The highest BCUT2D eigenvalue weighted by molar-refractivity contribution is 7.84. The summed E-state index contributed by atoms with van der Waals surface area (Å²) in [4.78, 5) is 24.4. The summed E-state index contributed by atoms with van der Waals surface area (Å²) in [5, 5.41) is 74.4. The van der Waals surface area contributed by atoms with Crippen LogP contribution in [0, 0.1) is 0 Å². The van der Waals surface area contributed by atoms with Crippen molar-refractivity contribution in [3.63, 3.8) is 0 Å². The van der Waals surface area contributed by atoms with Crippen LogP contribution in [0.3, 0.4) is 0 Å². The molecule has 0 amide bonds. The number of aliphatic carboxylic acids is 2. The number of aliphatic hydroxyl groups is 5. The van der Waals surface area contributed by atoms with E-state index in [9.17, 15) is 119 Å². The maximum Gasteiger partial charge on any atom is 0.397 e. The van der Waals surface area contributed by atoms with Gasteiger partial charge in [0.25, 0.3) is 0 Å². The van der Waals surface area contributed by atoms with Crippen LogP contribution in [-0.4, -0.2) is 249 Å². The third kappa shape index (κ3) is 17.2. The quantitative estimate of drug-likeness (QED) is 0.0448. The Kier molecular flexibility index (Phi) is 19.1. The number of carbonyl (C=O) groups is 2. The van der Waals surface area contributed by atoms with Crippen LogP contribution in [0.5, 0.6) is 0 Å². The van der Waals surface area contributed by atoms with Crippen LogP contribution in [0.15, 0.2) is 11.8 Å². The van der Waals surface area contributed by atoms with Gasteiger partial charge in [0, 0.05) is 0 Å². The van der Waals surface area contributed by atoms with Crippen molar-refractivity contribution in [2.75, 3.05) is 13.2 Å². The van der Waals surface area contributed by atoms with Gasteiger partial charge in [-0.05, 0) is 6.08 Å². The average molecular weight is 1150 g/mol. The topological polar surface area (TPSA) is 628 Å². The predicted molar refractivity (Wildman–Crippen MR) is 200 cm³/mol. The van der Waals surface area contributed by atoms with Crippen LogP contribution in [0.1, 0.15) is 0 Å². The van der Waals surface area contributed by atoms with Crippen molar-refractivity contribution in [1.29, 1.82) is 0 Å². The van der Waals surface area contributed by atoms with E-state index >= 15 is 0 Å². The van der Waals surface area contributed by atoms with Crippen LogP contribution in [0.4, 0.5) is 0 Å². The first-order valence-electron chi connectivity index (χ1n) is 17.9. The highest BCUT2D eigenvalue weighted by Crippen LogP contribution is 2.36. The molecule has 46 heteroatoms. The van der Waals surface area contributed by atoms with Crippen LogP contribution >= 0.6 is 0 Å². The average Bonchev–Trinajstić information content (AvgIpc) is 3.16. The van der Waals surface area contributed by atoms with E-state index in [1.165, 1.54) is 9.44 Å². The Morgan fingerprint density at radius 3 is 1.43 bits per heavy atom. The molecule has 4 aliphatic heterocycles. The van der Waals surface area contributed by atoms with Gasteiger partial charge >= 0.3 is 74.1 Å². The maximum absolute atomic E-state index is 12.7. The molecule has 408 valence electrons. The van der Waals surface area contributed by atoms with Crippen LogP contribution in [0.2, 0.25) is 0 Å². The molecule has 4 rings (SSSR count). The Labute approximate surface area is 391 Å². The Bertz CT molecular complexity index is 2610. The Hall–Kier alpha value is -2.74. The lowest BCUT2D eigenvalue weighted by Gasteiger charge is -2.49. The molecule has 0 spiro atoms. The van der Waals surface area contributed by atoms with Gasteiger partial charge in [-0.2, -0.15) is 60.0 Å². The summed E-state index contributed by atoms with van der Waals surface area (Å²) in [5.41, 5.74) is 0. The fourth-order valence-electron chi connectivity index (χ4n) is 6.58. The molecule has 0 radical (unpaired) electrons. The van der Waals surface area contributed by atoms with Gasteiger partial charge in [-0.1, -0.05) is 0 Å². The summed E-state index contributed by atoms with van der Waals surface area (Å²) >= 11 is 0. The molecule has 0 aromatic heterocycles. The molecule has 15 N–H and O–H groups in total. The molecule has 4 aliphatic rings. The molecule has 3 saturated heterocycles. The van der Waals surface area contributed by atoms with Gasteiger partial charge in [0.05, 0.1) is 13.2 Å². The third-order valence-corrected chi connectivity index (χ3v) is 12.1.